The van der Waals surface area contributed by atoms with Crippen molar-refractivity contribution in [1.29, 1.82) is 0 Å². The lowest BCUT2D eigenvalue weighted by atomic mass is 10.3. The molecule has 0 aromatic heterocycles. The molecule has 1 unspecified atom stereocenters. The van der Waals surface area contributed by atoms with Gasteiger partial charge in [0.25, 0.3) is 0 Å². The van der Waals surface area contributed by atoms with Crippen molar-refractivity contribution in [3.05, 3.63) is 29.3 Å². The average molecular weight is 312 g/mol. The van der Waals surface area contributed by atoms with E-state index in [-0.39, 0.29) is 25.0 Å². The maximum absolute atomic E-state index is 11.6. The summed E-state index contributed by atoms with van der Waals surface area (Å²) in [6, 6.07) is 7.34. The van der Waals surface area contributed by atoms with Crippen LogP contribution in [-0.2, 0) is 4.79 Å². The predicted molar refractivity (Wildman–Crippen MR) is 80.9 cm³/mol. The number of anilines is 1. The van der Waals surface area contributed by atoms with Gasteiger partial charge in [0.1, 0.15) is 0 Å². The lowest BCUT2D eigenvalue weighted by molar-refractivity contribution is -0.136. The molecular weight excluding hydrogens is 294 g/mol. The zero-order valence-corrected chi connectivity index (χ0v) is 12.3. The van der Waals surface area contributed by atoms with Crippen LogP contribution in [0.5, 0.6) is 0 Å². The molecule has 1 aromatic rings. The molecule has 1 fully saturated rings. The Balaban J connectivity index is 1.77. The lowest BCUT2D eigenvalue weighted by Crippen LogP contribution is -2.43. The van der Waals surface area contributed by atoms with Gasteiger partial charge in [0.2, 0.25) is 0 Å². The third-order valence-electron chi connectivity index (χ3n) is 3.32. The fourth-order valence-corrected chi connectivity index (χ4v) is 2.49. The zero-order valence-electron chi connectivity index (χ0n) is 11.5. The van der Waals surface area contributed by atoms with Crippen LogP contribution in [0.25, 0.3) is 0 Å². The number of aliphatic carboxylic acids is 1. The molecule has 2 rings (SSSR count). The van der Waals surface area contributed by atoms with E-state index in [0.29, 0.717) is 11.6 Å². The van der Waals surface area contributed by atoms with Gasteiger partial charge in [-0.05, 0) is 24.6 Å². The number of urea groups is 1. The number of carbonyl (C=O) groups excluding carboxylic acids is 1. The SMILES string of the molecule is O=C(O)CCNC(=O)NC1CCN(c2cccc(Cl)c2)C1. The van der Waals surface area contributed by atoms with Gasteiger partial charge in [0.05, 0.1) is 6.42 Å². The first-order chi connectivity index (χ1) is 10.0. The Morgan fingerprint density at radius 1 is 1.43 bits per heavy atom. The number of carboxylic acids is 1. The highest BCUT2D eigenvalue weighted by Crippen LogP contribution is 2.23. The van der Waals surface area contributed by atoms with Crippen molar-refractivity contribution in [2.75, 3.05) is 24.5 Å². The van der Waals surface area contributed by atoms with E-state index in [1.54, 1.807) is 0 Å². The van der Waals surface area contributed by atoms with Crippen LogP contribution in [0.2, 0.25) is 5.02 Å². The Morgan fingerprint density at radius 3 is 2.95 bits per heavy atom. The number of carbonyl (C=O) groups is 2. The van der Waals surface area contributed by atoms with E-state index in [1.807, 2.05) is 24.3 Å². The third-order valence-corrected chi connectivity index (χ3v) is 3.56. The molecular formula is C14H18ClN3O3. The highest BCUT2D eigenvalue weighted by atomic mass is 35.5. The van der Waals surface area contributed by atoms with Crippen molar-refractivity contribution in [2.45, 2.75) is 18.9 Å². The van der Waals surface area contributed by atoms with Gasteiger partial charge in [-0.2, -0.15) is 0 Å². The summed E-state index contributed by atoms with van der Waals surface area (Å²) >= 11 is 5.97. The Labute approximate surface area is 128 Å². The number of nitrogens with one attached hydrogen (secondary N) is 2. The van der Waals surface area contributed by atoms with Crippen molar-refractivity contribution in [1.82, 2.24) is 10.6 Å². The monoisotopic (exact) mass is 311 g/mol. The van der Waals surface area contributed by atoms with E-state index in [0.717, 1.165) is 18.7 Å². The molecule has 1 heterocycles. The second-order valence-corrected chi connectivity index (χ2v) is 5.39. The number of rotatable bonds is 5. The number of benzene rings is 1. The molecule has 1 aromatic carbocycles. The quantitative estimate of drug-likeness (QED) is 0.773. The number of hydrogen-bond acceptors (Lipinski definition) is 3. The number of halogens is 1. The molecule has 0 bridgehead atoms. The van der Waals surface area contributed by atoms with Gasteiger partial charge in [-0.3, -0.25) is 4.79 Å². The third kappa shape index (κ3) is 4.82. The first kappa shape index (κ1) is 15.4. The molecule has 1 atom stereocenters. The minimum atomic E-state index is -0.928. The second-order valence-electron chi connectivity index (χ2n) is 4.96. The van der Waals surface area contributed by atoms with E-state index < -0.39 is 5.97 Å². The minimum absolute atomic E-state index is 0.0498. The number of nitrogens with zero attached hydrogens (tertiary/aromatic N) is 1. The fraction of sp³-hybridized carbons (Fsp3) is 0.429. The summed E-state index contributed by atoms with van der Waals surface area (Å²) in [5.41, 5.74) is 1.04. The maximum atomic E-state index is 11.6. The summed E-state index contributed by atoms with van der Waals surface area (Å²) in [4.78, 5) is 24.1. The summed E-state index contributed by atoms with van der Waals surface area (Å²) in [5.74, 6) is -0.928. The Morgan fingerprint density at radius 2 is 2.24 bits per heavy atom. The van der Waals surface area contributed by atoms with E-state index >= 15 is 0 Å². The standard InChI is InChI=1S/C14H18ClN3O3/c15-10-2-1-3-12(8-10)18-7-5-11(9-18)17-14(21)16-6-4-13(19)20/h1-3,8,11H,4-7,9H2,(H,19,20)(H2,16,17,21). The van der Waals surface area contributed by atoms with Crippen LogP contribution in [0.1, 0.15) is 12.8 Å². The Bertz CT molecular complexity index is 524. The van der Waals surface area contributed by atoms with E-state index in [2.05, 4.69) is 15.5 Å². The number of carboxylic acid groups (broad SMARTS) is 1. The van der Waals surface area contributed by atoms with Gasteiger partial charge in [0.15, 0.2) is 0 Å². The Kier molecular flexibility index (Phi) is 5.27. The van der Waals surface area contributed by atoms with E-state index in [9.17, 15) is 9.59 Å². The molecule has 1 aliphatic heterocycles. The van der Waals surface area contributed by atoms with Crippen LogP contribution >= 0.6 is 11.6 Å². The molecule has 0 spiro atoms. The lowest BCUT2D eigenvalue weighted by Gasteiger charge is -2.19. The molecule has 0 radical (unpaired) electrons. The van der Waals surface area contributed by atoms with Crippen LogP contribution in [0.15, 0.2) is 24.3 Å². The van der Waals surface area contributed by atoms with Crippen molar-refractivity contribution < 1.29 is 14.7 Å². The topological polar surface area (TPSA) is 81.7 Å². The maximum Gasteiger partial charge on any atom is 0.315 e. The van der Waals surface area contributed by atoms with Gasteiger partial charge in [0, 0.05) is 36.4 Å². The van der Waals surface area contributed by atoms with Gasteiger partial charge in [-0.15, -0.1) is 0 Å². The van der Waals surface area contributed by atoms with Crippen LogP contribution < -0.4 is 15.5 Å². The summed E-state index contributed by atoms with van der Waals surface area (Å²) in [6.45, 7) is 1.69. The van der Waals surface area contributed by atoms with Gasteiger partial charge >= 0.3 is 12.0 Å². The number of amides is 2. The first-order valence-electron chi connectivity index (χ1n) is 6.81. The molecule has 0 aliphatic carbocycles. The van der Waals surface area contributed by atoms with Crippen LogP contribution in [0.4, 0.5) is 10.5 Å². The van der Waals surface area contributed by atoms with Crippen molar-refractivity contribution in [3.8, 4) is 0 Å². The highest BCUT2D eigenvalue weighted by Gasteiger charge is 2.24. The minimum Gasteiger partial charge on any atom is -0.481 e. The van der Waals surface area contributed by atoms with Crippen molar-refractivity contribution in [2.24, 2.45) is 0 Å². The Hall–Kier alpha value is -1.95. The molecule has 2 amide bonds. The summed E-state index contributed by atoms with van der Waals surface area (Å²) in [7, 11) is 0. The smallest absolute Gasteiger partial charge is 0.315 e. The molecule has 7 heteroatoms. The molecule has 0 saturated carbocycles. The fourth-order valence-electron chi connectivity index (χ4n) is 2.30. The van der Waals surface area contributed by atoms with Crippen LogP contribution in [-0.4, -0.2) is 42.8 Å². The zero-order chi connectivity index (χ0) is 15.2. The van der Waals surface area contributed by atoms with Gasteiger partial charge in [-0.1, -0.05) is 17.7 Å². The summed E-state index contributed by atoms with van der Waals surface area (Å²) < 4.78 is 0. The average Bonchev–Trinajstić information content (AvgIpc) is 2.86. The molecule has 21 heavy (non-hydrogen) atoms. The van der Waals surface area contributed by atoms with E-state index in [4.69, 9.17) is 16.7 Å². The van der Waals surface area contributed by atoms with Gasteiger partial charge < -0.3 is 20.6 Å². The van der Waals surface area contributed by atoms with Crippen LogP contribution in [0.3, 0.4) is 0 Å². The normalized spacial score (nSPS) is 17.6. The molecule has 114 valence electrons. The summed E-state index contributed by atoms with van der Waals surface area (Å²) in [6.07, 6.45) is 0.769. The predicted octanol–water partition coefficient (Wildman–Crippen LogP) is 1.69. The van der Waals surface area contributed by atoms with Crippen molar-refractivity contribution in [3.63, 3.8) is 0 Å². The highest BCUT2D eigenvalue weighted by molar-refractivity contribution is 6.30. The van der Waals surface area contributed by atoms with Crippen LogP contribution in [0, 0.1) is 0 Å². The number of hydrogen-bond donors (Lipinski definition) is 3. The van der Waals surface area contributed by atoms with E-state index in [1.165, 1.54) is 0 Å². The van der Waals surface area contributed by atoms with Gasteiger partial charge in [-0.25, -0.2) is 4.79 Å². The molecule has 1 saturated heterocycles. The second kappa shape index (κ2) is 7.17. The first-order valence-corrected chi connectivity index (χ1v) is 7.19. The molecule has 1 aliphatic rings. The molecule has 3 N–H and O–H groups in total. The molecule has 6 nitrogen and oxygen atoms in total. The van der Waals surface area contributed by atoms with Crippen molar-refractivity contribution >= 4 is 29.3 Å². The largest absolute Gasteiger partial charge is 0.481 e. The summed E-state index contributed by atoms with van der Waals surface area (Å²) in [5, 5.41) is 14.6.